The van der Waals surface area contributed by atoms with Gasteiger partial charge < -0.3 is 19.3 Å². The number of aliphatic carboxylic acids is 1. The number of rotatable bonds is 4. The minimum atomic E-state index is -0.900. The van der Waals surface area contributed by atoms with Gasteiger partial charge in [-0.3, -0.25) is 4.79 Å². The van der Waals surface area contributed by atoms with E-state index in [2.05, 4.69) is 0 Å². The van der Waals surface area contributed by atoms with Crippen LogP contribution >= 0.6 is 0 Å². The highest BCUT2D eigenvalue weighted by molar-refractivity contribution is 5.78. The van der Waals surface area contributed by atoms with Crippen molar-refractivity contribution in [1.29, 1.82) is 0 Å². The van der Waals surface area contributed by atoms with Crippen molar-refractivity contribution < 1.29 is 19.1 Å². The zero-order chi connectivity index (χ0) is 12.4. The second-order valence-electron chi connectivity index (χ2n) is 4.12. The van der Waals surface area contributed by atoms with Gasteiger partial charge in [0.15, 0.2) is 0 Å². The molecule has 1 fully saturated rings. The summed E-state index contributed by atoms with van der Waals surface area (Å²) in [6.07, 6.45) is 1.49. The molecule has 1 aliphatic heterocycles. The zero-order valence-electron chi connectivity index (χ0n) is 9.50. The molecule has 92 valence electrons. The Bertz CT molecular complexity index is 415. The molecule has 1 unspecified atom stereocenters. The summed E-state index contributed by atoms with van der Waals surface area (Å²) >= 11 is 0. The Balaban J connectivity index is 2.10. The summed E-state index contributed by atoms with van der Waals surface area (Å²) in [5, 5.41) is 8.81. The van der Waals surface area contributed by atoms with Gasteiger partial charge in [-0.15, -0.1) is 0 Å². The monoisotopic (exact) mass is 238 g/mol. The van der Waals surface area contributed by atoms with Gasteiger partial charge in [0, 0.05) is 13.6 Å². The third kappa shape index (κ3) is 2.41. The molecule has 0 radical (unpaired) electrons. The number of furan rings is 1. The van der Waals surface area contributed by atoms with Gasteiger partial charge in [-0.2, -0.15) is 0 Å². The SMILES string of the molecule is CN1CC(CC(=O)O)N(Cc2ccco2)C1=O. The molecule has 1 aromatic heterocycles. The first-order chi connectivity index (χ1) is 8.08. The van der Waals surface area contributed by atoms with Gasteiger partial charge in [0.05, 0.1) is 25.3 Å². The molecule has 1 aromatic rings. The molecular formula is C11H14N2O4. The van der Waals surface area contributed by atoms with Gasteiger partial charge in [-0.1, -0.05) is 0 Å². The van der Waals surface area contributed by atoms with Crippen molar-refractivity contribution in [2.45, 2.75) is 19.0 Å². The maximum absolute atomic E-state index is 11.8. The van der Waals surface area contributed by atoms with Crippen LogP contribution in [-0.2, 0) is 11.3 Å². The Morgan fingerprint density at radius 3 is 3.00 bits per heavy atom. The number of hydrogen-bond acceptors (Lipinski definition) is 3. The molecule has 0 bridgehead atoms. The summed E-state index contributed by atoms with van der Waals surface area (Å²) in [5.41, 5.74) is 0. The van der Waals surface area contributed by atoms with Gasteiger partial charge in [0.1, 0.15) is 5.76 Å². The van der Waals surface area contributed by atoms with E-state index in [1.54, 1.807) is 19.2 Å². The van der Waals surface area contributed by atoms with E-state index in [9.17, 15) is 9.59 Å². The Morgan fingerprint density at radius 1 is 1.65 bits per heavy atom. The predicted octanol–water partition coefficient (Wildman–Crippen LogP) is 0.990. The molecule has 2 amide bonds. The van der Waals surface area contributed by atoms with E-state index in [0.717, 1.165) is 0 Å². The highest BCUT2D eigenvalue weighted by atomic mass is 16.4. The molecular weight excluding hydrogens is 224 g/mol. The topological polar surface area (TPSA) is 74.0 Å². The summed E-state index contributed by atoms with van der Waals surface area (Å²) in [7, 11) is 1.67. The standard InChI is InChI=1S/C11H14N2O4/c1-12-6-8(5-10(14)15)13(11(12)16)7-9-3-2-4-17-9/h2-4,8H,5-7H2,1H3,(H,14,15). The first kappa shape index (κ1) is 11.5. The van der Waals surface area contributed by atoms with Crippen LogP contribution < -0.4 is 0 Å². The Labute approximate surface area is 98.4 Å². The summed E-state index contributed by atoms with van der Waals surface area (Å²) < 4.78 is 5.17. The number of likely N-dealkylation sites (N-methyl/N-ethyl adjacent to an activating group) is 1. The number of carbonyl (C=O) groups is 2. The third-order valence-electron chi connectivity index (χ3n) is 2.81. The molecule has 1 aliphatic rings. The van der Waals surface area contributed by atoms with Crippen LogP contribution in [0.15, 0.2) is 22.8 Å². The van der Waals surface area contributed by atoms with Crippen LogP contribution in [0.2, 0.25) is 0 Å². The molecule has 0 spiro atoms. The van der Waals surface area contributed by atoms with Gasteiger partial charge in [-0.25, -0.2) is 4.79 Å². The van der Waals surface area contributed by atoms with Crippen molar-refractivity contribution >= 4 is 12.0 Å². The minimum Gasteiger partial charge on any atom is -0.481 e. The number of carboxylic acid groups (broad SMARTS) is 1. The average molecular weight is 238 g/mol. The largest absolute Gasteiger partial charge is 0.481 e. The number of amides is 2. The molecule has 17 heavy (non-hydrogen) atoms. The molecule has 2 heterocycles. The maximum Gasteiger partial charge on any atom is 0.320 e. The van der Waals surface area contributed by atoms with Gasteiger partial charge >= 0.3 is 12.0 Å². The van der Waals surface area contributed by atoms with Crippen LogP contribution in [0.3, 0.4) is 0 Å². The maximum atomic E-state index is 11.8. The second-order valence-corrected chi connectivity index (χ2v) is 4.12. The molecule has 0 aromatic carbocycles. The quantitative estimate of drug-likeness (QED) is 0.848. The van der Waals surface area contributed by atoms with Gasteiger partial charge in [-0.05, 0) is 12.1 Å². The van der Waals surface area contributed by atoms with E-state index in [1.807, 2.05) is 0 Å². The number of carbonyl (C=O) groups excluding carboxylic acids is 1. The first-order valence-corrected chi connectivity index (χ1v) is 5.34. The van der Waals surface area contributed by atoms with E-state index in [1.165, 1.54) is 16.1 Å². The summed E-state index contributed by atoms with van der Waals surface area (Å²) in [5.74, 6) is -0.244. The molecule has 0 aliphatic carbocycles. The van der Waals surface area contributed by atoms with Crippen LogP contribution in [0, 0.1) is 0 Å². The summed E-state index contributed by atoms with van der Waals surface area (Å²) in [6.45, 7) is 0.750. The molecule has 2 rings (SSSR count). The highest BCUT2D eigenvalue weighted by Crippen LogP contribution is 2.20. The third-order valence-corrected chi connectivity index (χ3v) is 2.81. The molecule has 1 N–H and O–H groups in total. The highest BCUT2D eigenvalue weighted by Gasteiger charge is 2.36. The van der Waals surface area contributed by atoms with Crippen LogP contribution in [-0.4, -0.2) is 46.5 Å². The van der Waals surface area contributed by atoms with E-state index >= 15 is 0 Å². The Hall–Kier alpha value is -1.98. The Kier molecular flexibility index (Phi) is 3.03. The van der Waals surface area contributed by atoms with Crippen molar-refractivity contribution in [3.05, 3.63) is 24.2 Å². The fraction of sp³-hybridized carbons (Fsp3) is 0.455. The van der Waals surface area contributed by atoms with Crippen molar-refractivity contribution in [1.82, 2.24) is 9.80 Å². The second kappa shape index (κ2) is 4.48. The lowest BCUT2D eigenvalue weighted by Gasteiger charge is -2.20. The predicted molar refractivity (Wildman–Crippen MR) is 58.3 cm³/mol. The lowest BCUT2D eigenvalue weighted by molar-refractivity contribution is -0.138. The van der Waals surface area contributed by atoms with Crippen molar-refractivity contribution in [3.8, 4) is 0 Å². The van der Waals surface area contributed by atoms with Crippen LogP contribution in [0.5, 0.6) is 0 Å². The van der Waals surface area contributed by atoms with Crippen molar-refractivity contribution in [2.75, 3.05) is 13.6 Å². The first-order valence-electron chi connectivity index (χ1n) is 5.34. The molecule has 1 atom stereocenters. The fourth-order valence-corrected chi connectivity index (χ4v) is 2.01. The smallest absolute Gasteiger partial charge is 0.320 e. The fourth-order valence-electron chi connectivity index (χ4n) is 2.01. The van der Waals surface area contributed by atoms with Gasteiger partial charge in [0.25, 0.3) is 0 Å². The van der Waals surface area contributed by atoms with E-state index in [4.69, 9.17) is 9.52 Å². The Morgan fingerprint density at radius 2 is 2.41 bits per heavy atom. The van der Waals surface area contributed by atoms with E-state index < -0.39 is 5.97 Å². The van der Waals surface area contributed by atoms with Crippen LogP contribution in [0.4, 0.5) is 4.79 Å². The zero-order valence-corrected chi connectivity index (χ0v) is 9.50. The number of carboxylic acids is 1. The van der Waals surface area contributed by atoms with Gasteiger partial charge in [0.2, 0.25) is 0 Å². The minimum absolute atomic E-state index is 0.0449. The van der Waals surface area contributed by atoms with Crippen molar-refractivity contribution in [3.63, 3.8) is 0 Å². The number of nitrogens with zero attached hydrogens (tertiary/aromatic N) is 2. The normalized spacial score (nSPS) is 20.1. The molecule has 6 heteroatoms. The van der Waals surface area contributed by atoms with Crippen molar-refractivity contribution in [2.24, 2.45) is 0 Å². The van der Waals surface area contributed by atoms with Crippen LogP contribution in [0.25, 0.3) is 0 Å². The number of urea groups is 1. The van der Waals surface area contributed by atoms with Crippen LogP contribution in [0.1, 0.15) is 12.2 Å². The summed E-state index contributed by atoms with van der Waals surface area (Å²) in [6, 6.07) is 3.05. The molecule has 1 saturated heterocycles. The lowest BCUT2D eigenvalue weighted by Crippen LogP contribution is -2.35. The molecule has 0 saturated carbocycles. The lowest BCUT2D eigenvalue weighted by atomic mass is 10.2. The average Bonchev–Trinajstić information content (AvgIpc) is 2.83. The summed E-state index contributed by atoms with van der Waals surface area (Å²) in [4.78, 5) is 25.6. The molecule has 6 nitrogen and oxygen atoms in total. The van der Waals surface area contributed by atoms with E-state index in [0.29, 0.717) is 18.8 Å². The van der Waals surface area contributed by atoms with E-state index in [-0.39, 0.29) is 18.5 Å². The number of hydrogen-bond donors (Lipinski definition) is 1.